The summed E-state index contributed by atoms with van der Waals surface area (Å²) in [6.45, 7) is 9.86. The summed E-state index contributed by atoms with van der Waals surface area (Å²) >= 11 is 0. The van der Waals surface area contributed by atoms with Crippen LogP contribution < -0.4 is 5.73 Å². The van der Waals surface area contributed by atoms with Crippen molar-refractivity contribution in [3.8, 4) is 0 Å². The molecule has 4 nitrogen and oxygen atoms in total. The first-order valence-electron chi connectivity index (χ1n) is 7.77. The number of para-hydroxylation sites is 1. The van der Waals surface area contributed by atoms with E-state index in [0.717, 1.165) is 39.4 Å². The van der Waals surface area contributed by atoms with Crippen molar-refractivity contribution in [2.24, 2.45) is 5.73 Å². The first-order valence-corrected chi connectivity index (χ1v) is 7.77. The maximum atomic E-state index is 6.40. The molecule has 1 aliphatic heterocycles. The van der Waals surface area contributed by atoms with Crippen molar-refractivity contribution in [2.45, 2.75) is 26.4 Å². The van der Waals surface area contributed by atoms with Gasteiger partial charge in [0.1, 0.15) is 0 Å². The fourth-order valence-corrected chi connectivity index (χ4v) is 3.25. The molecular weight excluding hydrogens is 262 g/mol. The van der Waals surface area contributed by atoms with Crippen LogP contribution in [-0.2, 0) is 11.3 Å². The number of nitrogens with zero attached hydrogens (tertiary/aromatic N) is 2. The number of nitrogens with two attached hydrogens (primary N) is 1. The number of fused-ring (bicyclic) bond motifs is 1. The van der Waals surface area contributed by atoms with Crippen molar-refractivity contribution in [3.63, 3.8) is 0 Å². The fourth-order valence-electron chi connectivity index (χ4n) is 3.25. The Morgan fingerprint density at radius 3 is 2.62 bits per heavy atom. The topological polar surface area (TPSA) is 43.4 Å². The highest BCUT2D eigenvalue weighted by Crippen LogP contribution is 2.25. The van der Waals surface area contributed by atoms with Crippen LogP contribution in [0.5, 0.6) is 0 Å². The molecule has 1 aromatic carbocycles. The molecule has 0 radical (unpaired) electrons. The lowest BCUT2D eigenvalue weighted by Gasteiger charge is -2.29. The Labute approximate surface area is 126 Å². The van der Waals surface area contributed by atoms with Gasteiger partial charge >= 0.3 is 0 Å². The van der Waals surface area contributed by atoms with E-state index in [2.05, 4.69) is 47.6 Å². The maximum absolute atomic E-state index is 6.40. The third-order valence-corrected chi connectivity index (χ3v) is 4.56. The van der Waals surface area contributed by atoms with E-state index >= 15 is 0 Å². The molecule has 0 amide bonds. The fraction of sp³-hybridized carbons (Fsp3) is 0.529. The quantitative estimate of drug-likeness (QED) is 0.934. The van der Waals surface area contributed by atoms with Gasteiger partial charge in [0.2, 0.25) is 0 Å². The number of morpholine rings is 1. The predicted molar refractivity (Wildman–Crippen MR) is 86.6 cm³/mol. The van der Waals surface area contributed by atoms with Crippen molar-refractivity contribution >= 4 is 10.9 Å². The zero-order valence-electron chi connectivity index (χ0n) is 13.0. The molecule has 3 rings (SSSR count). The molecule has 1 aromatic heterocycles. The zero-order valence-corrected chi connectivity index (χ0v) is 13.0. The molecular formula is C17H25N3O. The second kappa shape index (κ2) is 6.18. The summed E-state index contributed by atoms with van der Waals surface area (Å²) < 4.78 is 7.76. The molecule has 2 heterocycles. The van der Waals surface area contributed by atoms with Gasteiger partial charge in [-0.05, 0) is 25.5 Å². The molecule has 4 heteroatoms. The second-order valence-corrected chi connectivity index (χ2v) is 6.01. The van der Waals surface area contributed by atoms with Crippen molar-refractivity contribution < 1.29 is 4.74 Å². The van der Waals surface area contributed by atoms with Gasteiger partial charge in [-0.25, -0.2) is 0 Å². The summed E-state index contributed by atoms with van der Waals surface area (Å²) in [5.41, 5.74) is 10.4. The van der Waals surface area contributed by atoms with Crippen LogP contribution in [0.1, 0.15) is 11.3 Å². The van der Waals surface area contributed by atoms with Gasteiger partial charge in [-0.3, -0.25) is 4.90 Å². The normalized spacial score (nSPS) is 18.2. The van der Waals surface area contributed by atoms with Gasteiger partial charge in [-0.2, -0.15) is 0 Å². The van der Waals surface area contributed by atoms with Crippen LogP contribution in [0.2, 0.25) is 0 Å². The van der Waals surface area contributed by atoms with Gasteiger partial charge < -0.3 is 15.0 Å². The number of hydrogen-bond donors (Lipinski definition) is 1. The van der Waals surface area contributed by atoms with Gasteiger partial charge in [0.05, 0.1) is 13.2 Å². The maximum Gasteiger partial charge on any atom is 0.0594 e. The Morgan fingerprint density at radius 1 is 1.14 bits per heavy atom. The highest BCUT2D eigenvalue weighted by Gasteiger charge is 2.17. The van der Waals surface area contributed by atoms with Gasteiger partial charge in [0, 0.05) is 48.8 Å². The Morgan fingerprint density at radius 2 is 1.86 bits per heavy atom. The van der Waals surface area contributed by atoms with Gasteiger partial charge in [-0.1, -0.05) is 18.2 Å². The smallest absolute Gasteiger partial charge is 0.0594 e. The first kappa shape index (κ1) is 14.6. The Kier molecular flexibility index (Phi) is 4.29. The van der Waals surface area contributed by atoms with Crippen LogP contribution in [0.25, 0.3) is 10.9 Å². The van der Waals surface area contributed by atoms with Crippen LogP contribution in [0.3, 0.4) is 0 Å². The van der Waals surface area contributed by atoms with Gasteiger partial charge in [0.25, 0.3) is 0 Å². The van der Waals surface area contributed by atoms with Gasteiger partial charge in [-0.15, -0.1) is 0 Å². The van der Waals surface area contributed by atoms with Crippen LogP contribution in [-0.4, -0.2) is 48.4 Å². The average Bonchev–Trinajstić information content (AvgIpc) is 2.74. The summed E-state index contributed by atoms with van der Waals surface area (Å²) in [5.74, 6) is 0. The molecule has 114 valence electrons. The lowest BCUT2D eigenvalue weighted by atomic mass is 10.2. The van der Waals surface area contributed by atoms with E-state index in [0.29, 0.717) is 0 Å². The number of aromatic nitrogens is 1. The summed E-state index contributed by atoms with van der Waals surface area (Å²) in [5, 5.41) is 1.34. The van der Waals surface area contributed by atoms with Crippen LogP contribution in [0, 0.1) is 13.8 Å². The molecule has 21 heavy (non-hydrogen) atoms. The number of rotatable bonds is 4. The lowest BCUT2D eigenvalue weighted by Crippen LogP contribution is -2.45. The van der Waals surface area contributed by atoms with Crippen LogP contribution in [0.4, 0.5) is 0 Å². The molecule has 0 bridgehead atoms. The minimum atomic E-state index is 0.150. The van der Waals surface area contributed by atoms with Crippen molar-refractivity contribution in [2.75, 3.05) is 32.8 Å². The van der Waals surface area contributed by atoms with Crippen LogP contribution >= 0.6 is 0 Å². The summed E-state index contributed by atoms with van der Waals surface area (Å²) in [7, 11) is 0. The molecule has 2 N–H and O–H groups in total. The predicted octanol–water partition coefficient (Wildman–Crippen LogP) is 1.92. The first-order chi connectivity index (χ1) is 10.2. The number of ether oxygens (including phenoxy) is 1. The highest BCUT2D eigenvalue weighted by molar-refractivity contribution is 5.85. The van der Waals surface area contributed by atoms with E-state index in [1.165, 1.54) is 22.2 Å². The van der Waals surface area contributed by atoms with E-state index in [1.54, 1.807) is 0 Å². The number of benzene rings is 1. The van der Waals surface area contributed by atoms with Gasteiger partial charge in [0.15, 0.2) is 0 Å². The molecule has 1 aliphatic rings. The molecule has 1 atom stereocenters. The number of hydrogen-bond acceptors (Lipinski definition) is 3. The molecule has 2 aromatic rings. The highest BCUT2D eigenvalue weighted by atomic mass is 16.5. The molecule has 0 aliphatic carbocycles. The summed E-state index contributed by atoms with van der Waals surface area (Å²) in [6.07, 6.45) is 0. The lowest BCUT2D eigenvalue weighted by molar-refractivity contribution is 0.0346. The monoisotopic (exact) mass is 287 g/mol. The van der Waals surface area contributed by atoms with E-state index in [1.807, 2.05) is 0 Å². The van der Waals surface area contributed by atoms with E-state index in [-0.39, 0.29) is 6.04 Å². The number of aryl methyl sites for hydroxylation is 1. The van der Waals surface area contributed by atoms with Crippen LogP contribution in [0.15, 0.2) is 24.3 Å². The second-order valence-electron chi connectivity index (χ2n) is 6.01. The van der Waals surface area contributed by atoms with Crippen molar-refractivity contribution in [1.82, 2.24) is 9.47 Å². The molecule has 1 fully saturated rings. The molecule has 0 spiro atoms. The third-order valence-electron chi connectivity index (χ3n) is 4.56. The summed E-state index contributed by atoms with van der Waals surface area (Å²) in [4.78, 5) is 2.40. The van der Waals surface area contributed by atoms with Crippen molar-refractivity contribution in [1.29, 1.82) is 0 Å². The zero-order chi connectivity index (χ0) is 14.8. The minimum absolute atomic E-state index is 0.150. The van der Waals surface area contributed by atoms with E-state index < -0.39 is 0 Å². The Hall–Kier alpha value is -1.36. The Balaban J connectivity index is 1.76. The van der Waals surface area contributed by atoms with E-state index in [9.17, 15) is 0 Å². The standard InChI is InChI=1S/C17H25N3O/c1-13-14(2)20(17-6-4-3-5-16(13)17)12-15(18)11-19-7-9-21-10-8-19/h3-6,15H,7-12,18H2,1-2H3. The SMILES string of the molecule is Cc1c(C)n(CC(N)CN2CCOCC2)c2ccccc12. The molecule has 1 unspecified atom stereocenters. The minimum Gasteiger partial charge on any atom is -0.379 e. The molecule has 1 saturated heterocycles. The third kappa shape index (κ3) is 2.98. The van der Waals surface area contributed by atoms with E-state index in [4.69, 9.17) is 10.5 Å². The Bertz CT molecular complexity index is 614. The largest absolute Gasteiger partial charge is 0.379 e. The average molecular weight is 287 g/mol. The van der Waals surface area contributed by atoms with Crippen molar-refractivity contribution in [3.05, 3.63) is 35.5 Å². The molecule has 0 saturated carbocycles. The summed E-state index contributed by atoms with van der Waals surface area (Å²) in [6, 6.07) is 8.74.